The molecule has 0 aromatic carbocycles. The SMILES string of the molecule is CCC(NCC(C)(O)CCOC)c1cccs1. The highest BCUT2D eigenvalue weighted by Crippen LogP contribution is 2.22. The average Bonchev–Trinajstić information content (AvgIpc) is 2.81. The highest BCUT2D eigenvalue weighted by molar-refractivity contribution is 7.10. The maximum atomic E-state index is 10.1. The molecule has 0 amide bonds. The van der Waals surface area contributed by atoms with Crippen LogP contribution >= 0.6 is 11.3 Å². The fourth-order valence-corrected chi connectivity index (χ4v) is 2.57. The number of ether oxygens (including phenoxy) is 1. The second-order valence-corrected chi connectivity index (χ2v) is 5.58. The van der Waals surface area contributed by atoms with Crippen molar-refractivity contribution in [3.05, 3.63) is 22.4 Å². The van der Waals surface area contributed by atoms with Gasteiger partial charge in [-0.05, 0) is 24.8 Å². The molecular formula is C13H23NO2S. The van der Waals surface area contributed by atoms with Crippen LogP contribution in [0.1, 0.15) is 37.6 Å². The normalized spacial score (nSPS) is 16.7. The minimum absolute atomic E-state index is 0.337. The van der Waals surface area contributed by atoms with E-state index in [0.717, 1.165) is 6.42 Å². The Bertz CT molecular complexity index is 298. The molecule has 0 bridgehead atoms. The number of thiophene rings is 1. The lowest BCUT2D eigenvalue weighted by Gasteiger charge is -2.26. The van der Waals surface area contributed by atoms with Crippen LogP contribution in [0.3, 0.4) is 0 Å². The fourth-order valence-electron chi connectivity index (χ4n) is 1.69. The standard InChI is InChI=1S/C13H23NO2S/c1-4-11(12-6-5-9-17-12)14-10-13(2,15)7-8-16-3/h5-6,9,11,14-15H,4,7-8,10H2,1-3H3. The molecule has 0 spiro atoms. The third kappa shape index (κ3) is 5.17. The van der Waals surface area contributed by atoms with Crippen molar-refractivity contribution in [3.8, 4) is 0 Å². The summed E-state index contributed by atoms with van der Waals surface area (Å²) in [7, 11) is 1.66. The maximum Gasteiger partial charge on any atom is 0.0765 e. The second-order valence-electron chi connectivity index (χ2n) is 4.60. The first-order valence-corrected chi connectivity index (χ1v) is 6.95. The van der Waals surface area contributed by atoms with Crippen molar-refractivity contribution >= 4 is 11.3 Å². The smallest absolute Gasteiger partial charge is 0.0765 e. The summed E-state index contributed by atoms with van der Waals surface area (Å²) >= 11 is 1.76. The first kappa shape index (κ1) is 14.6. The van der Waals surface area contributed by atoms with Gasteiger partial charge in [0.05, 0.1) is 5.60 Å². The van der Waals surface area contributed by atoms with E-state index in [0.29, 0.717) is 25.6 Å². The first-order chi connectivity index (χ1) is 8.09. The summed E-state index contributed by atoms with van der Waals surface area (Å²) in [4.78, 5) is 1.33. The van der Waals surface area contributed by atoms with Crippen LogP contribution in [0.15, 0.2) is 17.5 Å². The van der Waals surface area contributed by atoms with E-state index in [4.69, 9.17) is 4.74 Å². The molecule has 1 rings (SSSR count). The summed E-state index contributed by atoms with van der Waals surface area (Å²) in [6, 6.07) is 4.53. The second kappa shape index (κ2) is 7.11. The molecule has 0 aliphatic rings. The summed E-state index contributed by atoms with van der Waals surface area (Å²) < 4.78 is 5.00. The quantitative estimate of drug-likeness (QED) is 0.752. The molecule has 1 aromatic heterocycles. The minimum Gasteiger partial charge on any atom is -0.389 e. The van der Waals surface area contributed by atoms with Crippen LogP contribution in [-0.2, 0) is 4.74 Å². The molecule has 0 saturated heterocycles. The third-order valence-corrected chi connectivity index (χ3v) is 3.85. The minimum atomic E-state index is -0.708. The number of methoxy groups -OCH3 is 1. The van der Waals surface area contributed by atoms with E-state index >= 15 is 0 Å². The molecule has 17 heavy (non-hydrogen) atoms. The topological polar surface area (TPSA) is 41.5 Å². The van der Waals surface area contributed by atoms with Gasteiger partial charge in [-0.1, -0.05) is 13.0 Å². The predicted molar refractivity (Wildman–Crippen MR) is 72.5 cm³/mol. The molecule has 1 heterocycles. The maximum absolute atomic E-state index is 10.1. The van der Waals surface area contributed by atoms with Crippen LogP contribution < -0.4 is 5.32 Å². The number of hydrogen-bond donors (Lipinski definition) is 2. The monoisotopic (exact) mass is 257 g/mol. The Morgan fingerprint density at radius 3 is 2.88 bits per heavy atom. The Morgan fingerprint density at radius 2 is 2.35 bits per heavy atom. The molecule has 0 radical (unpaired) electrons. The Hall–Kier alpha value is -0.420. The van der Waals surface area contributed by atoms with Crippen LogP contribution in [0.25, 0.3) is 0 Å². The summed E-state index contributed by atoms with van der Waals surface area (Å²) in [6.45, 7) is 5.18. The number of rotatable bonds is 8. The predicted octanol–water partition coefficient (Wildman–Crippen LogP) is 2.58. The number of hydrogen-bond acceptors (Lipinski definition) is 4. The zero-order valence-corrected chi connectivity index (χ0v) is 11.7. The summed E-state index contributed by atoms with van der Waals surface area (Å²) in [5, 5.41) is 15.7. The van der Waals surface area contributed by atoms with Crippen LogP contribution in [0, 0.1) is 0 Å². The molecule has 0 aliphatic heterocycles. The van der Waals surface area contributed by atoms with Crippen molar-refractivity contribution in [1.29, 1.82) is 0 Å². The van der Waals surface area contributed by atoms with Crippen molar-refractivity contribution < 1.29 is 9.84 Å². The molecule has 0 fully saturated rings. The van der Waals surface area contributed by atoms with Gasteiger partial charge in [0, 0.05) is 37.6 Å². The van der Waals surface area contributed by atoms with E-state index in [-0.39, 0.29) is 0 Å². The molecule has 4 heteroatoms. The van der Waals surface area contributed by atoms with Crippen LogP contribution in [0.2, 0.25) is 0 Å². The van der Waals surface area contributed by atoms with Crippen molar-refractivity contribution in [3.63, 3.8) is 0 Å². The van der Waals surface area contributed by atoms with Crippen LogP contribution in [0.5, 0.6) is 0 Å². The van der Waals surface area contributed by atoms with Gasteiger partial charge in [-0.3, -0.25) is 0 Å². The Labute approximate surface area is 108 Å². The fraction of sp³-hybridized carbons (Fsp3) is 0.692. The number of nitrogens with one attached hydrogen (secondary N) is 1. The van der Waals surface area contributed by atoms with E-state index in [9.17, 15) is 5.11 Å². The summed E-state index contributed by atoms with van der Waals surface area (Å²) in [5.74, 6) is 0. The molecule has 2 atom stereocenters. The van der Waals surface area contributed by atoms with E-state index in [1.54, 1.807) is 18.4 Å². The molecular weight excluding hydrogens is 234 g/mol. The van der Waals surface area contributed by atoms with Crippen LogP contribution in [0.4, 0.5) is 0 Å². The van der Waals surface area contributed by atoms with E-state index in [2.05, 4.69) is 29.8 Å². The Morgan fingerprint density at radius 1 is 1.59 bits per heavy atom. The van der Waals surface area contributed by atoms with Gasteiger partial charge in [-0.2, -0.15) is 0 Å². The van der Waals surface area contributed by atoms with Crippen LogP contribution in [-0.4, -0.2) is 31.0 Å². The van der Waals surface area contributed by atoms with Crippen molar-refractivity contribution in [2.24, 2.45) is 0 Å². The van der Waals surface area contributed by atoms with E-state index in [1.165, 1.54) is 4.88 Å². The largest absolute Gasteiger partial charge is 0.389 e. The molecule has 1 aromatic rings. The zero-order valence-electron chi connectivity index (χ0n) is 10.9. The van der Waals surface area contributed by atoms with Gasteiger partial charge in [0.1, 0.15) is 0 Å². The van der Waals surface area contributed by atoms with Gasteiger partial charge < -0.3 is 15.2 Å². The van der Waals surface area contributed by atoms with Crippen molar-refractivity contribution in [2.75, 3.05) is 20.3 Å². The molecule has 0 saturated carbocycles. The van der Waals surface area contributed by atoms with Crippen molar-refractivity contribution in [1.82, 2.24) is 5.32 Å². The molecule has 2 unspecified atom stereocenters. The van der Waals surface area contributed by atoms with Gasteiger partial charge in [0.2, 0.25) is 0 Å². The molecule has 0 aliphatic carbocycles. The third-order valence-electron chi connectivity index (χ3n) is 2.87. The van der Waals surface area contributed by atoms with E-state index < -0.39 is 5.60 Å². The Kier molecular flexibility index (Phi) is 6.12. The first-order valence-electron chi connectivity index (χ1n) is 6.07. The Balaban J connectivity index is 2.42. The van der Waals surface area contributed by atoms with Gasteiger partial charge in [0.15, 0.2) is 0 Å². The van der Waals surface area contributed by atoms with Gasteiger partial charge in [-0.25, -0.2) is 0 Å². The highest BCUT2D eigenvalue weighted by Gasteiger charge is 2.21. The lowest BCUT2D eigenvalue weighted by Crippen LogP contribution is -2.40. The molecule has 2 N–H and O–H groups in total. The number of aliphatic hydroxyl groups is 1. The van der Waals surface area contributed by atoms with Gasteiger partial charge in [0.25, 0.3) is 0 Å². The zero-order chi connectivity index (χ0) is 12.7. The lowest BCUT2D eigenvalue weighted by molar-refractivity contribution is 0.0227. The van der Waals surface area contributed by atoms with E-state index in [1.807, 2.05) is 6.92 Å². The summed E-state index contributed by atoms with van der Waals surface area (Å²) in [5.41, 5.74) is -0.708. The average molecular weight is 257 g/mol. The van der Waals surface area contributed by atoms with Crippen molar-refractivity contribution in [2.45, 2.75) is 38.3 Å². The summed E-state index contributed by atoms with van der Waals surface area (Å²) in [6.07, 6.45) is 1.68. The van der Waals surface area contributed by atoms with Gasteiger partial charge >= 0.3 is 0 Å². The molecule has 3 nitrogen and oxygen atoms in total. The lowest BCUT2D eigenvalue weighted by atomic mass is 10.0. The highest BCUT2D eigenvalue weighted by atomic mass is 32.1. The van der Waals surface area contributed by atoms with Gasteiger partial charge in [-0.15, -0.1) is 11.3 Å². The molecule has 98 valence electrons.